The van der Waals surface area contributed by atoms with Crippen molar-refractivity contribution in [2.24, 2.45) is 0 Å². The highest BCUT2D eigenvalue weighted by Gasteiger charge is 2.00. The van der Waals surface area contributed by atoms with Gasteiger partial charge in [0.1, 0.15) is 5.76 Å². The van der Waals surface area contributed by atoms with Gasteiger partial charge in [-0.25, -0.2) is 0 Å². The molecule has 0 bridgehead atoms. The van der Waals surface area contributed by atoms with Gasteiger partial charge in [0.25, 0.3) is 0 Å². The van der Waals surface area contributed by atoms with Gasteiger partial charge < -0.3 is 19.6 Å². The van der Waals surface area contributed by atoms with Crippen LogP contribution in [-0.4, -0.2) is 11.9 Å². The third kappa shape index (κ3) is 3.57. The summed E-state index contributed by atoms with van der Waals surface area (Å²) in [4.78, 5) is 22.3. The number of rotatable bonds is 4. The maximum atomic E-state index is 11.6. The Morgan fingerprint density at radius 1 is 1.21 bits per heavy atom. The molecular weight excluding hydrogens is 246 g/mol. The van der Waals surface area contributed by atoms with Crippen molar-refractivity contribution in [3.05, 3.63) is 60.1 Å². The lowest BCUT2D eigenvalue weighted by Gasteiger charge is -2.06. The molecule has 0 aliphatic carbocycles. The van der Waals surface area contributed by atoms with Crippen molar-refractivity contribution < 1.29 is 19.1 Å². The quantitative estimate of drug-likeness (QED) is 0.836. The number of furan rings is 1. The highest BCUT2D eigenvalue weighted by atomic mass is 16.4. The molecule has 0 spiro atoms. The van der Waals surface area contributed by atoms with Crippen LogP contribution in [0.15, 0.2) is 53.2 Å². The van der Waals surface area contributed by atoms with Crippen LogP contribution in [0.3, 0.4) is 0 Å². The Labute approximate surface area is 109 Å². The SMILES string of the molecule is O=C(C=Cc1ccco1)Nc1cccc(C(=O)[O-])c1. The second kappa shape index (κ2) is 5.68. The van der Waals surface area contributed by atoms with E-state index in [-0.39, 0.29) is 11.5 Å². The second-order valence-corrected chi connectivity index (χ2v) is 3.71. The number of benzene rings is 1. The number of carbonyl (C=O) groups excluding carboxylic acids is 2. The molecule has 0 fully saturated rings. The lowest BCUT2D eigenvalue weighted by atomic mass is 10.2. The number of carbonyl (C=O) groups is 2. The molecule has 1 amide bonds. The van der Waals surface area contributed by atoms with Gasteiger partial charge in [-0.1, -0.05) is 12.1 Å². The predicted molar refractivity (Wildman–Crippen MR) is 67.1 cm³/mol. The highest BCUT2D eigenvalue weighted by Crippen LogP contribution is 2.10. The molecule has 19 heavy (non-hydrogen) atoms. The number of hydrogen-bond acceptors (Lipinski definition) is 4. The maximum absolute atomic E-state index is 11.6. The molecule has 96 valence electrons. The van der Waals surface area contributed by atoms with Gasteiger partial charge in [-0.2, -0.15) is 0 Å². The number of aromatic carboxylic acids is 1. The largest absolute Gasteiger partial charge is 0.545 e. The number of anilines is 1. The summed E-state index contributed by atoms with van der Waals surface area (Å²) < 4.78 is 5.03. The molecule has 0 saturated carbocycles. The first-order valence-corrected chi connectivity index (χ1v) is 5.49. The summed E-state index contributed by atoms with van der Waals surface area (Å²) in [7, 11) is 0. The van der Waals surface area contributed by atoms with Crippen LogP contribution < -0.4 is 10.4 Å². The van der Waals surface area contributed by atoms with E-state index in [2.05, 4.69) is 5.32 Å². The van der Waals surface area contributed by atoms with Crippen molar-refractivity contribution in [2.45, 2.75) is 0 Å². The van der Waals surface area contributed by atoms with Gasteiger partial charge in [0.05, 0.1) is 12.2 Å². The first kappa shape index (κ1) is 12.6. The predicted octanol–water partition coefficient (Wildman–Crippen LogP) is 1.29. The molecule has 0 aliphatic heterocycles. The van der Waals surface area contributed by atoms with Crippen molar-refractivity contribution in [1.29, 1.82) is 0 Å². The van der Waals surface area contributed by atoms with E-state index >= 15 is 0 Å². The number of carboxylic acid groups (broad SMARTS) is 1. The summed E-state index contributed by atoms with van der Waals surface area (Å²) in [6.45, 7) is 0. The minimum absolute atomic E-state index is 0.00724. The molecule has 0 saturated heterocycles. The van der Waals surface area contributed by atoms with E-state index in [0.717, 1.165) is 0 Å². The van der Waals surface area contributed by atoms with Crippen LogP contribution in [0.5, 0.6) is 0 Å². The zero-order chi connectivity index (χ0) is 13.7. The summed E-state index contributed by atoms with van der Waals surface area (Å²) in [5.74, 6) is -1.12. The molecule has 0 radical (unpaired) electrons. The topological polar surface area (TPSA) is 82.4 Å². The van der Waals surface area contributed by atoms with Gasteiger partial charge in [0.15, 0.2) is 0 Å². The minimum atomic E-state index is -1.29. The molecular formula is C14H10NO4-. The Balaban J connectivity index is 2.03. The summed E-state index contributed by atoms with van der Waals surface area (Å²) in [5.41, 5.74) is 0.392. The molecule has 5 nitrogen and oxygen atoms in total. The molecule has 0 atom stereocenters. The average molecular weight is 256 g/mol. The van der Waals surface area contributed by atoms with E-state index in [4.69, 9.17) is 4.42 Å². The molecule has 2 aromatic rings. The highest BCUT2D eigenvalue weighted by molar-refractivity contribution is 6.02. The summed E-state index contributed by atoms with van der Waals surface area (Å²) >= 11 is 0. The zero-order valence-electron chi connectivity index (χ0n) is 9.83. The van der Waals surface area contributed by atoms with Gasteiger partial charge in [0.2, 0.25) is 5.91 Å². The average Bonchev–Trinajstić information content (AvgIpc) is 2.90. The van der Waals surface area contributed by atoms with Gasteiger partial charge in [0, 0.05) is 11.8 Å². The van der Waals surface area contributed by atoms with Crippen LogP contribution >= 0.6 is 0 Å². The second-order valence-electron chi connectivity index (χ2n) is 3.71. The zero-order valence-corrected chi connectivity index (χ0v) is 9.83. The lowest BCUT2D eigenvalue weighted by Crippen LogP contribution is -2.22. The molecule has 1 heterocycles. The van der Waals surface area contributed by atoms with E-state index in [0.29, 0.717) is 11.4 Å². The van der Waals surface area contributed by atoms with Crippen molar-refractivity contribution in [1.82, 2.24) is 0 Å². The van der Waals surface area contributed by atoms with E-state index in [1.807, 2.05) is 0 Å². The molecule has 1 aromatic heterocycles. The van der Waals surface area contributed by atoms with Crippen molar-refractivity contribution in [3.8, 4) is 0 Å². The molecule has 5 heteroatoms. The molecule has 2 rings (SSSR count). The molecule has 0 unspecified atom stereocenters. The van der Waals surface area contributed by atoms with E-state index in [1.165, 1.54) is 36.6 Å². The normalized spacial score (nSPS) is 10.5. The standard InChI is InChI=1S/C14H11NO4/c16-13(7-6-12-5-2-8-19-12)15-11-4-1-3-10(9-11)14(17)18/h1-9H,(H,15,16)(H,17,18)/p-1. The van der Waals surface area contributed by atoms with Crippen LogP contribution in [0.25, 0.3) is 6.08 Å². The van der Waals surface area contributed by atoms with E-state index in [1.54, 1.807) is 18.2 Å². The third-order valence-corrected chi connectivity index (χ3v) is 2.31. The summed E-state index contributed by atoms with van der Waals surface area (Å²) in [5, 5.41) is 13.2. The monoisotopic (exact) mass is 256 g/mol. The van der Waals surface area contributed by atoms with E-state index in [9.17, 15) is 14.7 Å². The van der Waals surface area contributed by atoms with Crippen molar-refractivity contribution >= 4 is 23.6 Å². The van der Waals surface area contributed by atoms with Crippen molar-refractivity contribution in [2.75, 3.05) is 5.32 Å². The molecule has 1 aromatic carbocycles. The fourth-order valence-corrected chi connectivity index (χ4v) is 1.45. The Kier molecular flexibility index (Phi) is 3.78. The van der Waals surface area contributed by atoms with Crippen molar-refractivity contribution in [3.63, 3.8) is 0 Å². The fourth-order valence-electron chi connectivity index (χ4n) is 1.45. The molecule has 0 aliphatic rings. The summed E-state index contributed by atoms with van der Waals surface area (Å²) in [6, 6.07) is 9.25. The lowest BCUT2D eigenvalue weighted by molar-refractivity contribution is -0.255. The smallest absolute Gasteiger partial charge is 0.248 e. The Morgan fingerprint density at radius 2 is 2.05 bits per heavy atom. The number of nitrogens with one attached hydrogen (secondary N) is 1. The minimum Gasteiger partial charge on any atom is -0.545 e. The van der Waals surface area contributed by atoms with Gasteiger partial charge in [-0.3, -0.25) is 4.79 Å². The third-order valence-electron chi connectivity index (χ3n) is 2.31. The number of amides is 1. The van der Waals surface area contributed by atoms with Gasteiger partial charge >= 0.3 is 0 Å². The summed E-state index contributed by atoms with van der Waals surface area (Å²) in [6.07, 6.45) is 4.31. The number of carboxylic acids is 1. The number of hydrogen-bond donors (Lipinski definition) is 1. The van der Waals surface area contributed by atoms with E-state index < -0.39 is 5.97 Å². The van der Waals surface area contributed by atoms with Crippen LogP contribution in [0.1, 0.15) is 16.1 Å². The first-order valence-electron chi connectivity index (χ1n) is 5.49. The van der Waals surface area contributed by atoms with Crippen LogP contribution in [0.2, 0.25) is 0 Å². The van der Waals surface area contributed by atoms with Crippen LogP contribution in [0, 0.1) is 0 Å². The first-order chi connectivity index (χ1) is 9.15. The Bertz CT molecular complexity index is 614. The van der Waals surface area contributed by atoms with Crippen LogP contribution in [0.4, 0.5) is 5.69 Å². The Hall–Kier alpha value is -2.82. The van der Waals surface area contributed by atoms with Gasteiger partial charge in [-0.05, 0) is 35.9 Å². The molecule has 1 N–H and O–H groups in total. The fraction of sp³-hybridized carbons (Fsp3) is 0. The maximum Gasteiger partial charge on any atom is 0.248 e. The van der Waals surface area contributed by atoms with Crippen LogP contribution in [-0.2, 0) is 4.79 Å². The van der Waals surface area contributed by atoms with Gasteiger partial charge in [-0.15, -0.1) is 0 Å². The Morgan fingerprint density at radius 3 is 2.74 bits per heavy atom.